The molecule has 0 spiro atoms. The molecular formula is C16H15BrFNOS. The summed E-state index contributed by atoms with van der Waals surface area (Å²) in [7, 11) is 0. The molecule has 2 aromatic rings. The molecule has 1 N–H and O–H groups in total. The van der Waals surface area contributed by atoms with Crippen LogP contribution in [0.5, 0.6) is 0 Å². The summed E-state index contributed by atoms with van der Waals surface area (Å²) in [5, 5.41) is 2.91. The van der Waals surface area contributed by atoms with Crippen LogP contribution in [0.25, 0.3) is 0 Å². The Bertz CT molecular complexity index is 601. The van der Waals surface area contributed by atoms with Crippen molar-refractivity contribution in [2.24, 2.45) is 0 Å². The number of hydrogen-bond acceptors (Lipinski definition) is 2. The lowest BCUT2D eigenvalue weighted by molar-refractivity contribution is -0.119. The second-order valence-electron chi connectivity index (χ2n) is 4.58. The van der Waals surface area contributed by atoms with Crippen molar-refractivity contribution in [1.82, 2.24) is 5.32 Å². The molecule has 0 heterocycles. The molecule has 0 unspecified atom stereocenters. The fourth-order valence-corrected chi connectivity index (χ4v) is 2.77. The van der Waals surface area contributed by atoms with Crippen molar-refractivity contribution in [1.29, 1.82) is 0 Å². The zero-order valence-corrected chi connectivity index (χ0v) is 13.9. The highest BCUT2D eigenvalue weighted by Crippen LogP contribution is 2.21. The van der Waals surface area contributed by atoms with Crippen LogP contribution in [0.15, 0.2) is 57.9 Å². The van der Waals surface area contributed by atoms with Crippen LogP contribution in [0.1, 0.15) is 18.5 Å². The van der Waals surface area contributed by atoms with Crippen molar-refractivity contribution >= 4 is 33.6 Å². The molecule has 21 heavy (non-hydrogen) atoms. The molecule has 0 aliphatic carbocycles. The summed E-state index contributed by atoms with van der Waals surface area (Å²) in [6.45, 7) is 1.88. The van der Waals surface area contributed by atoms with Gasteiger partial charge in [0.2, 0.25) is 5.91 Å². The predicted molar refractivity (Wildman–Crippen MR) is 87.8 cm³/mol. The van der Waals surface area contributed by atoms with Gasteiger partial charge in [0, 0.05) is 9.37 Å². The molecule has 1 atom stereocenters. The van der Waals surface area contributed by atoms with E-state index in [1.165, 1.54) is 23.9 Å². The molecule has 0 saturated heterocycles. The van der Waals surface area contributed by atoms with Gasteiger partial charge in [-0.3, -0.25) is 4.79 Å². The Hall–Kier alpha value is -1.33. The number of amides is 1. The number of rotatable bonds is 5. The summed E-state index contributed by atoms with van der Waals surface area (Å²) in [5.41, 5.74) is 0.887. The van der Waals surface area contributed by atoms with E-state index in [1.54, 1.807) is 12.1 Å². The zero-order valence-electron chi connectivity index (χ0n) is 11.5. The molecule has 0 saturated carbocycles. The predicted octanol–water partition coefficient (Wildman–Crippen LogP) is 4.56. The fraction of sp³-hybridized carbons (Fsp3) is 0.188. The summed E-state index contributed by atoms with van der Waals surface area (Å²) in [5.74, 6) is 0.0375. The van der Waals surface area contributed by atoms with Crippen LogP contribution in [-0.2, 0) is 4.79 Å². The average molecular weight is 368 g/mol. The smallest absolute Gasteiger partial charge is 0.230 e. The SMILES string of the molecule is C[C@H](NC(=O)CSc1ccc(Br)cc1)c1ccc(F)cc1. The van der Waals surface area contributed by atoms with E-state index in [1.807, 2.05) is 31.2 Å². The Morgan fingerprint density at radius 3 is 2.43 bits per heavy atom. The summed E-state index contributed by atoms with van der Waals surface area (Å²) < 4.78 is 13.9. The molecule has 0 fully saturated rings. The number of carbonyl (C=O) groups excluding carboxylic acids is 1. The number of nitrogens with one attached hydrogen (secondary N) is 1. The van der Waals surface area contributed by atoms with Crippen LogP contribution in [0.3, 0.4) is 0 Å². The first kappa shape index (κ1) is 16.0. The molecule has 2 nitrogen and oxygen atoms in total. The topological polar surface area (TPSA) is 29.1 Å². The van der Waals surface area contributed by atoms with E-state index in [2.05, 4.69) is 21.2 Å². The summed E-state index contributed by atoms with van der Waals surface area (Å²) in [6.07, 6.45) is 0. The van der Waals surface area contributed by atoms with Crippen molar-refractivity contribution in [3.05, 3.63) is 64.4 Å². The van der Waals surface area contributed by atoms with E-state index in [-0.39, 0.29) is 17.8 Å². The minimum Gasteiger partial charge on any atom is -0.349 e. The van der Waals surface area contributed by atoms with Crippen LogP contribution in [0.4, 0.5) is 4.39 Å². The van der Waals surface area contributed by atoms with Crippen molar-refractivity contribution in [3.8, 4) is 0 Å². The Kier molecular flexibility index (Phi) is 5.82. The van der Waals surface area contributed by atoms with Gasteiger partial charge in [0.25, 0.3) is 0 Å². The van der Waals surface area contributed by atoms with E-state index < -0.39 is 0 Å². The lowest BCUT2D eigenvalue weighted by Crippen LogP contribution is -2.28. The molecule has 0 aliphatic rings. The number of halogens is 2. The van der Waals surface area contributed by atoms with E-state index in [0.717, 1.165) is 14.9 Å². The maximum absolute atomic E-state index is 12.9. The van der Waals surface area contributed by atoms with E-state index in [0.29, 0.717) is 5.75 Å². The lowest BCUT2D eigenvalue weighted by atomic mass is 10.1. The maximum Gasteiger partial charge on any atom is 0.230 e. The molecule has 0 aromatic heterocycles. The summed E-state index contributed by atoms with van der Waals surface area (Å²) in [6, 6.07) is 13.8. The van der Waals surface area contributed by atoms with Crippen LogP contribution < -0.4 is 5.32 Å². The highest BCUT2D eigenvalue weighted by molar-refractivity contribution is 9.10. The van der Waals surface area contributed by atoms with Crippen molar-refractivity contribution in [2.45, 2.75) is 17.9 Å². The van der Waals surface area contributed by atoms with Gasteiger partial charge in [0.1, 0.15) is 5.82 Å². The van der Waals surface area contributed by atoms with E-state index in [9.17, 15) is 9.18 Å². The number of benzene rings is 2. The highest BCUT2D eigenvalue weighted by atomic mass is 79.9. The van der Waals surface area contributed by atoms with Crippen LogP contribution in [-0.4, -0.2) is 11.7 Å². The minimum atomic E-state index is -0.275. The second kappa shape index (κ2) is 7.61. The third-order valence-electron chi connectivity index (χ3n) is 2.93. The van der Waals surface area contributed by atoms with Crippen LogP contribution in [0.2, 0.25) is 0 Å². The monoisotopic (exact) mass is 367 g/mol. The maximum atomic E-state index is 12.9. The zero-order chi connectivity index (χ0) is 15.2. The molecule has 1 amide bonds. The fourth-order valence-electron chi connectivity index (χ4n) is 1.80. The minimum absolute atomic E-state index is 0.0419. The van der Waals surface area contributed by atoms with Gasteiger partial charge in [0.05, 0.1) is 11.8 Å². The average Bonchev–Trinajstić information content (AvgIpc) is 2.47. The third kappa shape index (κ3) is 5.17. The van der Waals surface area contributed by atoms with Crippen LogP contribution >= 0.6 is 27.7 Å². The number of carbonyl (C=O) groups is 1. The van der Waals surface area contributed by atoms with Gasteiger partial charge in [-0.1, -0.05) is 28.1 Å². The van der Waals surface area contributed by atoms with Gasteiger partial charge < -0.3 is 5.32 Å². The normalized spacial score (nSPS) is 12.0. The summed E-state index contributed by atoms with van der Waals surface area (Å²) >= 11 is 4.86. The second-order valence-corrected chi connectivity index (χ2v) is 6.55. The van der Waals surface area contributed by atoms with Crippen molar-refractivity contribution in [2.75, 3.05) is 5.75 Å². The van der Waals surface area contributed by atoms with E-state index in [4.69, 9.17) is 0 Å². The first-order chi connectivity index (χ1) is 10.0. The molecule has 2 aromatic carbocycles. The van der Waals surface area contributed by atoms with Gasteiger partial charge in [-0.15, -0.1) is 11.8 Å². The quantitative estimate of drug-likeness (QED) is 0.784. The molecule has 110 valence electrons. The van der Waals surface area contributed by atoms with Gasteiger partial charge in [-0.05, 0) is 48.9 Å². The van der Waals surface area contributed by atoms with Gasteiger partial charge >= 0.3 is 0 Å². The Morgan fingerprint density at radius 1 is 1.19 bits per heavy atom. The van der Waals surface area contributed by atoms with E-state index >= 15 is 0 Å². The Morgan fingerprint density at radius 2 is 1.81 bits per heavy atom. The highest BCUT2D eigenvalue weighted by Gasteiger charge is 2.10. The van der Waals surface area contributed by atoms with Gasteiger partial charge in [-0.2, -0.15) is 0 Å². The Balaban J connectivity index is 1.83. The van der Waals surface area contributed by atoms with Gasteiger partial charge in [-0.25, -0.2) is 4.39 Å². The standard InChI is InChI=1S/C16H15BrFNOS/c1-11(12-2-6-14(18)7-3-12)19-16(20)10-21-15-8-4-13(17)5-9-15/h2-9,11H,10H2,1H3,(H,19,20)/t11-/m0/s1. The van der Waals surface area contributed by atoms with Crippen molar-refractivity contribution in [3.63, 3.8) is 0 Å². The number of thioether (sulfide) groups is 1. The molecule has 0 aliphatic heterocycles. The Labute approximate surface area is 136 Å². The number of hydrogen-bond donors (Lipinski definition) is 1. The summed E-state index contributed by atoms with van der Waals surface area (Å²) in [4.78, 5) is 13.0. The van der Waals surface area contributed by atoms with Crippen LogP contribution in [0, 0.1) is 5.82 Å². The lowest BCUT2D eigenvalue weighted by Gasteiger charge is -2.14. The molecule has 5 heteroatoms. The molecular weight excluding hydrogens is 353 g/mol. The molecule has 2 rings (SSSR count). The first-order valence-corrected chi connectivity index (χ1v) is 8.25. The largest absolute Gasteiger partial charge is 0.349 e. The molecule has 0 radical (unpaired) electrons. The van der Waals surface area contributed by atoms with Crippen molar-refractivity contribution < 1.29 is 9.18 Å². The first-order valence-electron chi connectivity index (χ1n) is 6.48. The molecule has 0 bridgehead atoms. The van der Waals surface area contributed by atoms with Gasteiger partial charge in [0.15, 0.2) is 0 Å². The third-order valence-corrected chi connectivity index (χ3v) is 4.47.